The van der Waals surface area contributed by atoms with Crippen molar-refractivity contribution in [1.29, 1.82) is 0 Å². The second kappa shape index (κ2) is 36.2. The van der Waals surface area contributed by atoms with Crippen molar-refractivity contribution in [3.8, 4) is 0 Å². The zero-order valence-corrected chi connectivity index (χ0v) is 15.9. The average molecular weight is 459 g/mol. The van der Waals surface area contributed by atoms with Crippen molar-refractivity contribution in [2.45, 2.75) is 0 Å². The van der Waals surface area contributed by atoms with Gasteiger partial charge in [-0.15, -0.1) is 0 Å². The summed E-state index contributed by atoms with van der Waals surface area (Å²) in [6.45, 7) is 0. The van der Waals surface area contributed by atoms with Crippen LogP contribution in [0.15, 0.2) is 0 Å². The Balaban J connectivity index is -0.0000000135. The van der Waals surface area contributed by atoms with Crippen LogP contribution in [0.3, 0.4) is 0 Å². The van der Waals surface area contributed by atoms with Crippen molar-refractivity contribution < 1.29 is 121 Å². The first-order chi connectivity index (χ1) is 5.20. The van der Waals surface area contributed by atoms with Gasteiger partial charge in [0, 0.05) is 33.0 Å². The van der Waals surface area contributed by atoms with Gasteiger partial charge in [0.25, 0.3) is 0 Å². The van der Waals surface area contributed by atoms with E-state index < -0.39 is 55.8 Å². The van der Waals surface area contributed by atoms with Crippen LogP contribution >= 0.6 is 0 Å². The van der Waals surface area contributed by atoms with Gasteiger partial charge in [0.2, 0.25) is 0 Å². The predicted octanol–water partition coefficient (Wildman–Crippen LogP) is -8.26. The zero-order chi connectivity index (χ0) is 10.7. The molecule has 0 N–H and O–H groups in total. The molecule has 0 aromatic heterocycles. The molecule has 0 saturated heterocycles. The van der Waals surface area contributed by atoms with E-state index in [4.69, 9.17) is 32.1 Å². The Morgan fingerprint density at radius 2 is 0.500 bits per heavy atom. The van der Waals surface area contributed by atoms with Gasteiger partial charge in [-0.2, -0.15) is 0 Å². The van der Waals surface area contributed by atoms with Gasteiger partial charge in [0.15, 0.2) is 0 Å². The third-order valence-electron chi connectivity index (χ3n) is 0. The molecule has 0 atom stereocenters. The molecule has 92 valence electrons. The van der Waals surface area contributed by atoms with Crippen molar-refractivity contribution in [3.05, 3.63) is 0 Å². The van der Waals surface area contributed by atoms with E-state index in [0.717, 1.165) is 0 Å². The fourth-order valence-electron chi connectivity index (χ4n) is 0. The minimum absolute atomic E-state index is 0. The summed E-state index contributed by atoms with van der Waals surface area (Å²) in [6, 6.07) is 0. The Morgan fingerprint density at radius 1 is 0.500 bits per heavy atom. The Kier molecular flexibility index (Phi) is 96.7. The van der Waals surface area contributed by atoms with Gasteiger partial charge < -0.3 is 0 Å². The summed E-state index contributed by atoms with van der Waals surface area (Å²) in [5.74, 6) is 0. The molecule has 0 aromatic rings. The second-order valence-corrected chi connectivity index (χ2v) is 3.09. The molecule has 9 nitrogen and oxygen atoms in total. The number of hydrogen-bond donors (Lipinski definition) is 0. The molecule has 16 heteroatoms. The van der Waals surface area contributed by atoms with E-state index in [2.05, 4.69) is 0 Å². The third kappa shape index (κ3) is 412. The molecule has 0 spiro atoms. The Morgan fingerprint density at radius 3 is 0.500 bits per heavy atom. The Labute approximate surface area is 153 Å². The molecule has 0 fully saturated rings. The number of rotatable bonds is 0. The molecule has 0 amide bonds. The molecule has 0 aliphatic carbocycles. The van der Waals surface area contributed by atoms with E-state index in [-0.39, 0.29) is 67.7 Å². The summed E-state index contributed by atoms with van der Waals surface area (Å²) in [4.78, 5) is 0. The van der Waals surface area contributed by atoms with Crippen LogP contribution in [0.4, 0.5) is 0 Å². The summed E-state index contributed by atoms with van der Waals surface area (Å²) in [5, 5.41) is 0. The van der Waals surface area contributed by atoms with E-state index in [1.807, 2.05) is 0 Å². The predicted molar refractivity (Wildman–Crippen MR) is 13.6 cm³/mol. The molecular formula is Al2Ni2O9Ti3. The fourth-order valence-corrected chi connectivity index (χ4v) is 0. The van der Waals surface area contributed by atoms with Crippen LogP contribution in [0, 0.1) is 0 Å². The zero-order valence-electron chi connectivity index (χ0n) is 6.96. The topological polar surface area (TPSA) is 190 Å². The van der Waals surface area contributed by atoms with Crippen molar-refractivity contribution >= 4 is 34.7 Å². The summed E-state index contributed by atoms with van der Waals surface area (Å²) in [7, 11) is 0. The van der Waals surface area contributed by atoms with Crippen LogP contribution in [-0.4, -0.2) is 34.7 Å². The molecule has 0 aliphatic rings. The summed E-state index contributed by atoms with van der Waals surface area (Å²) in [5.41, 5.74) is 0. The monoisotopic (exact) mass is 458 g/mol. The first-order valence-corrected chi connectivity index (χ1v) is 7.57. The molecule has 0 unspecified atom stereocenters. The standard InChI is InChI=1S/2Al.2Ni.9O.3Ti/q2*+3;;;;;;6*-1;;;. The Hall–Kier alpha value is 3.35. The molecule has 0 rings (SSSR count). The van der Waals surface area contributed by atoms with E-state index in [1.54, 1.807) is 0 Å². The van der Waals surface area contributed by atoms with Crippen molar-refractivity contribution in [2.24, 2.45) is 0 Å². The van der Waals surface area contributed by atoms with Crippen molar-refractivity contribution in [1.82, 2.24) is 0 Å². The maximum atomic E-state index is 8.58. The van der Waals surface area contributed by atoms with Crippen LogP contribution in [0.1, 0.15) is 0 Å². The average Bonchev–Trinajstić information content (AvgIpc) is 1.54. The quantitative estimate of drug-likeness (QED) is 0.317. The third-order valence-corrected chi connectivity index (χ3v) is 0. The first-order valence-electron chi connectivity index (χ1n) is 1.84. The molecule has 0 aromatic carbocycles. The van der Waals surface area contributed by atoms with Gasteiger partial charge >= 0.3 is 123 Å². The van der Waals surface area contributed by atoms with Crippen LogP contribution in [0.25, 0.3) is 0 Å². The van der Waals surface area contributed by atoms with Gasteiger partial charge in [-0.3, -0.25) is 0 Å². The van der Waals surface area contributed by atoms with Crippen LogP contribution in [-0.2, 0) is 98.8 Å². The van der Waals surface area contributed by atoms with Gasteiger partial charge in [0.1, 0.15) is 0 Å². The van der Waals surface area contributed by atoms with Crippen molar-refractivity contribution in [3.63, 3.8) is 0 Å². The molecule has 0 saturated carbocycles. The summed E-state index contributed by atoms with van der Waals surface area (Å²) >= 11 is -12.2. The van der Waals surface area contributed by atoms with Gasteiger partial charge in [-0.1, -0.05) is 0 Å². The fraction of sp³-hybridized carbons (Fsp3) is 0. The summed E-state index contributed by atoms with van der Waals surface area (Å²) < 4.78 is 77.2. The van der Waals surface area contributed by atoms with E-state index in [1.165, 1.54) is 0 Å². The van der Waals surface area contributed by atoms with E-state index in [9.17, 15) is 0 Å². The normalized spacial score (nSPS) is 4.88. The van der Waals surface area contributed by atoms with Gasteiger partial charge in [0.05, 0.1) is 0 Å². The van der Waals surface area contributed by atoms with Crippen LogP contribution < -0.4 is 22.1 Å². The second-order valence-electron chi connectivity index (χ2n) is 0.750. The van der Waals surface area contributed by atoms with Crippen LogP contribution in [0.2, 0.25) is 0 Å². The molecule has 0 heterocycles. The van der Waals surface area contributed by atoms with Crippen molar-refractivity contribution in [2.75, 3.05) is 0 Å². The molecule has 0 bridgehead atoms. The number of hydrogen-bond acceptors (Lipinski definition) is 9. The SMILES string of the molecule is [Al+3].[Al+3].[Ni].[Ni].[O]=[Ti]([O-])[O-].[O]=[Ti]([O-])[O-].[O]=[Ti]([O-])[O-]. The maximum absolute atomic E-state index is 8.58. The van der Waals surface area contributed by atoms with Gasteiger partial charge in [-0.05, 0) is 0 Å². The molecule has 0 radical (unpaired) electrons. The Bertz CT molecular complexity index is 124. The van der Waals surface area contributed by atoms with E-state index in [0.29, 0.717) is 0 Å². The molecule has 0 aliphatic heterocycles. The first kappa shape index (κ1) is 42.7. The van der Waals surface area contributed by atoms with E-state index >= 15 is 0 Å². The molecular weight excluding hydrogens is 459 g/mol. The summed E-state index contributed by atoms with van der Waals surface area (Å²) in [6.07, 6.45) is 0. The molecule has 16 heavy (non-hydrogen) atoms. The van der Waals surface area contributed by atoms with Gasteiger partial charge in [-0.25, -0.2) is 0 Å². The van der Waals surface area contributed by atoms with Crippen LogP contribution in [0.5, 0.6) is 0 Å². The minimum atomic E-state index is -4.08.